The Hall–Kier alpha value is -2.05. The molecular weight excluding hydrogens is 384 g/mol. The smallest absolute Gasteiger partial charge is 0.265 e. The Balaban J connectivity index is 2.00. The number of ether oxygens (including phenoxy) is 1. The lowest BCUT2D eigenvalue weighted by Gasteiger charge is -2.16. The number of nitrogens with two attached hydrogens (primary N) is 1. The molecule has 7 heteroatoms. The van der Waals surface area contributed by atoms with Crippen LogP contribution in [0.4, 0.5) is 5.69 Å². The Morgan fingerprint density at radius 3 is 2.43 bits per heavy atom. The first kappa shape index (κ1) is 17.3. The minimum atomic E-state index is -0.746. The first-order valence-electron chi connectivity index (χ1n) is 6.69. The van der Waals surface area contributed by atoms with E-state index in [0.29, 0.717) is 22.0 Å². The standard InChI is InChI=1S/C16H14BrClN2O3/c1-9(23-14-7-4-11(17)8-13(14)18)16(22)20-12-5-2-10(3-6-12)15(19)21/h2-9H,1H3,(H2,19,21)(H,20,22)/t9-/m0/s1. The number of carbonyl (C=O) groups excluding carboxylic acids is 2. The molecule has 2 amide bonds. The summed E-state index contributed by atoms with van der Waals surface area (Å²) >= 11 is 9.35. The molecule has 3 N–H and O–H groups in total. The van der Waals surface area contributed by atoms with Gasteiger partial charge in [0.25, 0.3) is 5.91 Å². The van der Waals surface area contributed by atoms with Crippen molar-refractivity contribution in [2.75, 3.05) is 5.32 Å². The lowest BCUT2D eigenvalue weighted by molar-refractivity contribution is -0.122. The van der Waals surface area contributed by atoms with E-state index in [9.17, 15) is 9.59 Å². The van der Waals surface area contributed by atoms with Crippen molar-refractivity contribution in [2.45, 2.75) is 13.0 Å². The summed E-state index contributed by atoms with van der Waals surface area (Å²) in [5.74, 6) is -0.443. The molecule has 0 aliphatic heterocycles. The van der Waals surface area contributed by atoms with Gasteiger partial charge in [-0.05, 0) is 49.4 Å². The fourth-order valence-electron chi connectivity index (χ4n) is 1.78. The predicted molar refractivity (Wildman–Crippen MR) is 92.8 cm³/mol. The van der Waals surface area contributed by atoms with Gasteiger partial charge in [-0.1, -0.05) is 27.5 Å². The van der Waals surface area contributed by atoms with Crippen LogP contribution in [-0.2, 0) is 4.79 Å². The van der Waals surface area contributed by atoms with Gasteiger partial charge in [0.15, 0.2) is 6.10 Å². The molecule has 0 aliphatic carbocycles. The van der Waals surface area contributed by atoms with Gasteiger partial charge in [-0.15, -0.1) is 0 Å². The van der Waals surface area contributed by atoms with Crippen LogP contribution >= 0.6 is 27.5 Å². The monoisotopic (exact) mass is 396 g/mol. The zero-order valence-electron chi connectivity index (χ0n) is 12.2. The van der Waals surface area contributed by atoms with Gasteiger partial charge in [0.05, 0.1) is 5.02 Å². The normalized spacial score (nSPS) is 11.6. The maximum atomic E-state index is 12.1. The lowest BCUT2D eigenvalue weighted by atomic mass is 10.2. The molecule has 2 aromatic carbocycles. The van der Waals surface area contributed by atoms with E-state index in [-0.39, 0.29) is 5.91 Å². The molecule has 0 unspecified atom stereocenters. The van der Waals surface area contributed by atoms with Crippen molar-refractivity contribution in [1.29, 1.82) is 0 Å². The second-order valence-corrected chi connectivity index (χ2v) is 6.09. The van der Waals surface area contributed by atoms with E-state index in [1.54, 1.807) is 37.3 Å². The minimum absolute atomic E-state index is 0.337. The highest BCUT2D eigenvalue weighted by molar-refractivity contribution is 9.10. The topological polar surface area (TPSA) is 81.4 Å². The maximum absolute atomic E-state index is 12.1. The largest absolute Gasteiger partial charge is 0.479 e. The number of anilines is 1. The van der Waals surface area contributed by atoms with Crippen molar-refractivity contribution >= 4 is 45.0 Å². The number of carbonyl (C=O) groups is 2. The molecule has 0 aromatic heterocycles. The number of hydrogen-bond acceptors (Lipinski definition) is 3. The van der Waals surface area contributed by atoms with Crippen molar-refractivity contribution in [3.8, 4) is 5.75 Å². The number of amides is 2. The molecule has 2 aromatic rings. The summed E-state index contributed by atoms with van der Waals surface area (Å²) in [6.07, 6.45) is -0.746. The van der Waals surface area contributed by atoms with Gasteiger partial charge in [0.1, 0.15) is 5.75 Å². The van der Waals surface area contributed by atoms with Crippen molar-refractivity contribution in [1.82, 2.24) is 0 Å². The van der Waals surface area contributed by atoms with Gasteiger partial charge < -0.3 is 15.8 Å². The number of primary amides is 1. The summed E-state index contributed by atoms with van der Waals surface area (Å²) in [6.45, 7) is 1.62. The van der Waals surface area contributed by atoms with E-state index in [2.05, 4.69) is 21.2 Å². The SMILES string of the molecule is C[C@H](Oc1ccc(Br)cc1Cl)C(=O)Nc1ccc(C(N)=O)cc1. The fourth-order valence-corrected chi connectivity index (χ4v) is 2.49. The van der Waals surface area contributed by atoms with Crippen LogP contribution in [0.5, 0.6) is 5.75 Å². The zero-order valence-corrected chi connectivity index (χ0v) is 14.5. The number of nitrogens with one attached hydrogen (secondary N) is 1. The second kappa shape index (κ2) is 7.48. The highest BCUT2D eigenvalue weighted by atomic mass is 79.9. The third-order valence-corrected chi connectivity index (χ3v) is 3.79. The Bertz CT molecular complexity index is 735. The van der Waals surface area contributed by atoms with Gasteiger partial charge >= 0.3 is 0 Å². The molecule has 0 saturated carbocycles. The summed E-state index contributed by atoms with van der Waals surface area (Å²) in [5.41, 5.74) is 6.07. The first-order chi connectivity index (χ1) is 10.9. The third kappa shape index (κ3) is 4.71. The quantitative estimate of drug-likeness (QED) is 0.808. The van der Waals surface area contributed by atoms with Crippen molar-refractivity contribution in [3.05, 3.63) is 57.5 Å². The predicted octanol–water partition coefficient (Wildman–Crippen LogP) is 3.61. The van der Waals surface area contributed by atoms with Crippen LogP contribution in [-0.4, -0.2) is 17.9 Å². The van der Waals surface area contributed by atoms with Crippen LogP contribution in [0.2, 0.25) is 5.02 Å². The summed E-state index contributed by atoms with van der Waals surface area (Å²) in [4.78, 5) is 23.1. The Labute approximate surface area is 146 Å². The molecule has 0 radical (unpaired) electrons. The van der Waals surface area contributed by atoms with Gasteiger partial charge in [-0.3, -0.25) is 9.59 Å². The van der Waals surface area contributed by atoms with Gasteiger partial charge in [-0.25, -0.2) is 0 Å². The zero-order chi connectivity index (χ0) is 17.0. The molecule has 1 atom stereocenters. The Morgan fingerprint density at radius 1 is 1.22 bits per heavy atom. The number of rotatable bonds is 5. The molecule has 2 rings (SSSR count). The van der Waals surface area contributed by atoms with Gasteiger partial charge in [0.2, 0.25) is 5.91 Å². The Kier molecular flexibility index (Phi) is 5.63. The molecule has 0 fully saturated rings. The summed E-state index contributed by atoms with van der Waals surface area (Å²) < 4.78 is 6.38. The Morgan fingerprint density at radius 2 is 1.87 bits per heavy atom. The van der Waals surface area contributed by atoms with E-state index >= 15 is 0 Å². The highest BCUT2D eigenvalue weighted by Crippen LogP contribution is 2.28. The molecule has 0 heterocycles. The van der Waals surface area contributed by atoms with E-state index < -0.39 is 12.0 Å². The van der Waals surface area contributed by atoms with Crippen molar-refractivity contribution in [3.63, 3.8) is 0 Å². The summed E-state index contributed by atoms with van der Waals surface area (Å²) in [6, 6.07) is 11.4. The maximum Gasteiger partial charge on any atom is 0.265 e. The third-order valence-electron chi connectivity index (χ3n) is 3.00. The molecular formula is C16H14BrClN2O3. The van der Waals surface area contributed by atoms with Crippen molar-refractivity contribution < 1.29 is 14.3 Å². The number of hydrogen-bond donors (Lipinski definition) is 2. The molecule has 120 valence electrons. The summed E-state index contributed by atoms with van der Waals surface area (Å²) in [7, 11) is 0. The number of benzene rings is 2. The lowest BCUT2D eigenvalue weighted by Crippen LogP contribution is -2.30. The molecule has 23 heavy (non-hydrogen) atoms. The molecule has 0 aliphatic rings. The van der Waals surface area contributed by atoms with Gasteiger partial charge in [0, 0.05) is 15.7 Å². The minimum Gasteiger partial charge on any atom is -0.479 e. The van der Waals surface area contributed by atoms with E-state index in [0.717, 1.165) is 4.47 Å². The molecule has 0 spiro atoms. The molecule has 5 nitrogen and oxygen atoms in total. The van der Waals surface area contributed by atoms with Crippen molar-refractivity contribution in [2.24, 2.45) is 5.73 Å². The highest BCUT2D eigenvalue weighted by Gasteiger charge is 2.16. The van der Waals surface area contributed by atoms with E-state index in [4.69, 9.17) is 22.1 Å². The van der Waals surface area contributed by atoms with E-state index in [1.807, 2.05) is 0 Å². The van der Waals surface area contributed by atoms with Crippen LogP contribution in [0.1, 0.15) is 17.3 Å². The fraction of sp³-hybridized carbons (Fsp3) is 0.125. The molecule has 0 saturated heterocycles. The average molecular weight is 398 g/mol. The van der Waals surface area contributed by atoms with E-state index in [1.165, 1.54) is 12.1 Å². The second-order valence-electron chi connectivity index (χ2n) is 4.77. The van der Waals surface area contributed by atoms with Crippen LogP contribution in [0, 0.1) is 0 Å². The van der Waals surface area contributed by atoms with Crippen LogP contribution in [0.3, 0.4) is 0 Å². The average Bonchev–Trinajstić information content (AvgIpc) is 2.50. The van der Waals surface area contributed by atoms with Crippen LogP contribution in [0.15, 0.2) is 46.9 Å². The van der Waals surface area contributed by atoms with Crippen LogP contribution in [0.25, 0.3) is 0 Å². The molecule has 0 bridgehead atoms. The number of halogens is 2. The summed E-state index contributed by atoms with van der Waals surface area (Å²) in [5, 5.41) is 3.10. The van der Waals surface area contributed by atoms with Gasteiger partial charge in [-0.2, -0.15) is 0 Å². The van der Waals surface area contributed by atoms with Crippen LogP contribution < -0.4 is 15.8 Å². The first-order valence-corrected chi connectivity index (χ1v) is 7.86.